The molecule has 6 heteroatoms. The number of hydrazine groups is 1. The molecule has 4 N–H and O–H groups in total. The highest BCUT2D eigenvalue weighted by atomic mass is 79.9. The van der Waals surface area contributed by atoms with E-state index in [1.165, 1.54) is 0 Å². The van der Waals surface area contributed by atoms with Crippen LogP contribution in [0.2, 0.25) is 0 Å². The van der Waals surface area contributed by atoms with Crippen LogP contribution in [0.1, 0.15) is 17.0 Å². The van der Waals surface area contributed by atoms with E-state index in [0.29, 0.717) is 11.6 Å². The molecule has 0 aliphatic heterocycles. The van der Waals surface area contributed by atoms with Gasteiger partial charge >= 0.3 is 0 Å². The van der Waals surface area contributed by atoms with Gasteiger partial charge in [0.25, 0.3) is 0 Å². The molecule has 2 rings (SSSR count). The second-order valence-electron chi connectivity index (χ2n) is 4.27. The third-order valence-corrected chi connectivity index (χ3v) is 3.77. The average molecular weight is 322 g/mol. The lowest BCUT2D eigenvalue weighted by atomic mass is 10.2. The van der Waals surface area contributed by atoms with E-state index in [-0.39, 0.29) is 0 Å². The Morgan fingerprint density at radius 3 is 2.42 bits per heavy atom. The van der Waals surface area contributed by atoms with Crippen LogP contribution in [0.3, 0.4) is 0 Å². The molecule has 1 aromatic heterocycles. The Labute approximate surface area is 120 Å². The fraction of sp³-hybridized carbons (Fsp3) is 0.231. The number of aryl methyl sites for hydroxylation is 1. The number of hydrogen-bond donors (Lipinski definition) is 3. The van der Waals surface area contributed by atoms with Crippen LogP contribution >= 0.6 is 15.9 Å². The molecule has 0 bridgehead atoms. The molecule has 0 spiro atoms. The van der Waals surface area contributed by atoms with Crippen molar-refractivity contribution in [2.24, 2.45) is 5.84 Å². The maximum atomic E-state index is 5.46. The summed E-state index contributed by atoms with van der Waals surface area (Å²) in [5.41, 5.74) is 5.59. The Balaban J connectivity index is 2.43. The van der Waals surface area contributed by atoms with Gasteiger partial charge in [0.05, 0.1) is 0 Å². The van der Waals surface area contributed by atoms with Crippen LogP contribution < -0.4 is 16.6 Å². The predicted molar refractivity (Wildman–Crippen MR) is 81.5 cm³/mol. The number of nitrogens with zero attached hydrogens (tertiary/aromatic N) is 2. The third kappa shape index (κ3) is 2.85. The number of benzene rings is 1. The summed E-state index contributed by atoms with van der Waals surface area (Å²) >= 11 is 3.52. The van der Waals surface area contributed by atoms with Crippen molar-refractivity contribution < 1.29 is 0 Å². The van der Waals surface area contributed by atoms with Gasteiger partial charge in [-0.3, -0.25) is 0 Å². The normalized spacial score (nSPS) is 10.4. The minimum absolute atomic E-state index is 0.627. The number of halogens is 1. The van der Waals surface area contributed by atoms with Gasteiger partial charge in [-0.2, -0.15) is 0 Å². The Morgan fingerprint density at radius 1 is 1.05 bits per heavy atom. The van der Waals surface area contributed by atoms with E-state index < -0.39 is 0 Å². The molecule has 0 amide bonds. The van der Waals surface area contributed by atoms with Gasteiger partial charge in [0.1, 0.15) is 17.5 Å². The molecule has 19 heavy (non-hydrogen) atoms. The maximum absolute atomic E-state index is 5.46. The summed E-state index contributed by atoms with van der Waals surface area (Å²) < 4.78 is 1.05. The van der Waals surface area contributed by atoms with Crippen molar-refractivity contribution in [3.8, 4) is 0 Å². The Kier molecular flexibility index (Phi) is 4.01. The van der Waals surface area contributed by atoms with Gasteiger partial charge in [0.15, 0.2) is 0 Å². The fourth-order valence-electron chi connectivity index (χ4n) is 1.76. The summed E-state index contributed by atoms with van der Waals surface area (Å²) in [6.45, 7) is 5.79. The molecule has 0 radical (unpaired) electrons. The van der Waals surface area contributed by atoms with Crippen molar-refractivity contribution in [1.29, 1.82) is 0 Å². The minimum atomic E-state index is 0.627. The summed E-state index contributed by atoms with van der Waals surface area (Å²) in [4.78, 5) is 8.65. The third-order valence-electron chi connectivity index (χ3n) is 2.92. The molecule has 0 atom stereocenters. The molecule has 5 nitrogen and oxygen atoms in total. The zero-order chi connectivity index (χ0) is 14.0. The maximum Gasteiger partial charge on any atom is 0.148 e. The zero-order valence-electron chi connectivity index (χ0n) is 11.1. The first-order valence-corrected chi connectivity index (χ1v) is 6.66. The van der Waals surface area contributed by atoms with Gasteiger partial charge < -0.3 is 10.7 Å². The standard InChI is InChI=1S/C13H16BrN5/c1-7-10(14)5-4-6-11(7)18-12-8(2)13(19-15)17-9(3)16-12/h4-6H,15H2,1-3H3,(H2,16,17,18,19). The van der Waals surface area contributed by atoms with Crippen LogP contribution in [-0.2, 0) is 0 Å². The topological polar surface area (TPSA) is 75.9 Å². The molecular formula is C13H16BrN5. The Morgan fingerprint density at radius 2 is 1.74 bits per heavy atom. The number of anilines is 3. The minimum Gasteiger partial charge on any atom is -0.340 e. The molecule has 100 valence electrons. The summed E-state index contributed by atoms with van der Waals surface area (Å²) in [5.74, 6) is 7.50. The first-order chi connectivity index (χ1) is 9.02. The van der Waals surface area contributed by atoms with Gasteiger partial charge in [-0.05, 0) is 38.5 Å². The number of hydrogen-bond acceptors (Lipinski definition) is 5. The second-order valence-corrected chi connectivity index (χ2v) is 5.13. The van der Waals surface area contributed by atoms with Crippen molar-refractivity contribution in [3.05, 3.63) is 39.6 Å². The highest BCUT2D eigenvalue weighted by Crippen LogP contribution is 2.28. The van der Waals surface area contributed by atoms with Gasteiger partial charge in [0, 0.05) is 15.7 Å². The average Bonchev–Trinajstić information content (AvgIpc) is 2.38. The van der Waals surface area contributed by atoms with Crippen LogP contribution in [0.25, 0.3) is 0 Å². The molecule has 0 fully saturated rings. The molecule has 1 heterocycles. The van der Waals surface area contributed by atoms with Crippen molar-refractivity contribution in [2.75, 3.05) is 10.7 Å². The lowest BCUT2D eigenvalue weighted by molar-refractivity contribution is 1.03. The summed E-state index contributed by atoms with van der Waals surface area (Å²) in [6.07, 6.45) is 0. The van der Waals surface area contributed by atoms with Crippen LogP contribution in [0.15, 0.2) is 22.7 Å². The smallest absolute Gasteiger partial charge is 0.148 e. The Hall–Kier alpha value is -1.66. The van der Waals surface area contributed by atoms with Crippen molar-refractivity contribution >= 4 is 33.3 Å². The molecule has 0 saturated heterocycles. The Bertz CT molecular complexity index is 612. The number of nitrogens with two attached hydrogens (primary N) is 1. The van der Waals surface area contributed by atoms with E-state index >= 15 is 0 Å². The van der Waals surface area contributed by atoms with Gasteiger partial charge in [-0.25, -0.2) is 15.8 Å². The number of nitrogens with one attached hydrogen (secondary N) is 2. The first kappa shape index (κ1) is 13.8. The number of rotatable bonds is 3. The molecule has 0 saturated carbocycles. The lowest BCUT2D eigenvalue weighted by Gasteiger charge is -2.14. The zero-order valence-corrected chi connectivity index (χ0v) is 12.7. The molecule has 0 unspecified atom stereocenters. The van der Waals surface area contributed by atoms with Crippen LogP contribution in [0.5, 0.6) is 0 Å². The second kappa shape index (κ2) is 5.54. The molecule has 0 aliphatic carbocycles. The van der Waals surface area contributed by atoms with Crippen LogP contribution in [-0.4, -0.2) is 9.97 Å². The largest absolute Gasteiger partial charge is 0.340 e. The van der Waals surface area contributed by atoms with Gasteiger partial charge in [0.2, 0.25) is 0 Å². The SMILES string of the molecule is Cc1nc(NN)c(C)c(Nc2cccc(Br)c2C)n1. The highest BCUT2D eigenvalue weighted by Gasteiger charge is 2.10. The first-order valence-electron chi connectivity index (χ1n) is 5.87. The summed E-state index contributed by atoms with van der Waals surface area (Å²) in [6, 6.07) is 5.99. The molecule has 1 aromatic carbocycles. The van der Waals surface area contributed by atoms with Gasteiger partial charge in [-0.15, -0.1) is 0 Å². The monoisotopic (exact) mass is 321 g/mol. The van der Waals surface area contributed by atoms with Gasteiger partial charge in [-0.1, -0.05) is 22.0 Å². The van der Waals surface area contributed by atoms with Crippen LogP contribution in [0, 0.1) is 20.8 Å². The van der Waals surface area contributed by atoms with E-state index in [1.807, 2.05) is 39.0 Å². The fourth-order valence-corrected chi connectivity index (χ4v) is 2.13. The van der Waals surface area contributed by atoms with Crippen molar-refractivity contribution in [1.82, 2.24) is 9.97 Å². The number of nitrogen functional groups attached to an aromatic ring is 1. The van der Waals surface area contributed by atoms with Crippen molar-refractivity contribution in [2.45, 2.75) is 20.8 Å². The predicted octanol–water partition coefficient (Wildman–Crippen LogP) is 3.19. The highest BCUT2D eigenvalue weighted by molar-refractivity contribution is 9.10. The summed E-state index contributed by atoms with van der Waals surface area (Å²) in [7, 11) is 0. The van der Waals surface area contributed by atoms with E-state index in [1.54, 1.807) is 0 Å². The molecule has 0 aliphatic rings. The van der Waals surface area contributed by atoms with E-state index in [0.717, 1.165) is 27.1 Å². The molecule has 2 aromatic rings. The van der Waals surface area contributed by atoms with E-state index in [2.05, 4.69) is 36.6 Å². The van der Waals surface area contributed by atoms with E-state index in [4.69, 9.17) is 5.84 Å². The quantitative estimate of drug-likeness (QED) is 0.598. The summed E-state index contributed by atoms with van der Waals surface area (Å²) in [5, 5.41) is 3.32. The van der Waals surface area contributed by atoms with Crippen LogP contribution in [0.4, 0.5) is 17.3 Å². The van der Waals surface area contributed by atoms with E-state index in [9.17, 15) is 0 Å². The van der Waals surface area contributed by atoms with Crippen molar-refractivity contribution in [3.63, 3.8) is 0 Å². The number of aromatic nitrogens is 2. The molecular weight excluding hydrogens is 306 g/mol. The lowest BCUT2D eigenvalue weighted by Crippen LogP contribution is -2.13.